The first-order valence-electron chi connectivity index (χ1n) is 9.42. The van der Waals surface area contributed by atoms with E-state index in [0.29, 0.717) is 24.5 Å². The van der Waals surface area contributed by atoms with Gasteiger partial charge in [0.2, 0.25) is 0 Å². The molecule has 2 amide bonds. The number of rotatable bonds is 9. The van der Waals surface area contributed by atoms with Gasteiger partial charge in [-0.1, -0.05) is 37.5 Å². The highest BCUT2D eigenvalue weighted by molar-refractivity contribution is 5.96. The zero-order valence-corrected chi connectivity index (χ0v) is 15.1. The summed E-state index contributed by atoms with van der Waals surface area (Å²) in [5.41, 5.74) is 2.01. The van der Waals surface area contributed by atoms with Crippen molar-refractivity contribution in [3.05, 3.63) is 41.2 Å². The lowest BCUT2D eigenvalue weighted by atomic mass is 9.97. The number of pyridine rings is 1. The molecule has 0 spiro atoms. The van der Waals surface area contributed by atoms with E-state index in [1.807, 2.05) is 0 Å². The van der Waals surface area contributed by atoms with Gasteiger partial charge in [-0.3, -0.25) is 9.59 Å². The summed E-state index contributed by atoms with van der Waals surface area (Å²) in [7, 11) is 0. The van der Waals surface area contributed by atoms with Gasteiger partial charge in [0, 0.05) is 13.1 Å². The van der Waals surface area contributed by atoms with Gasteiger partial charge in [0.15, 0.2) is 0 Å². The Morgan fingerprint density at radius 3 is 2.40 bits per heavy atom. The molecule has 25 heavy (non-hydrogen) atoms. The Labute approximate surface area is 150 Å². The zero-order chi connectivity index (χ0) is 17.9. The average Bonchev–Trinajstić information content (AvgIpc) is 2.66. The minimum Gasteiger partial charge on any atom is -0.351 e. The molecular formula is C20H29N3O2. The zero-order valence-electron chi connectivity index (χ0n) is 15.1. The maximum atomic E-state index is 12.2. The number of allylic oxidation sites excluding steroid dienone is 1. The van der Waals surface area contributed by atoms with E-state index in [0.717, 1.165) is 38.5 Å². The Morgan fingerprint density at radius 2 is 1.76 bits per heavy atom. The molecule has 1 aliphatic rings. The van der Waals surface area contributed by atoms with Gasteiger partial charge in [0.05, 0.1) is 0 Å². The number of amides is 2. The van der Waals surface area contributed by atoms with Crippen LogP contribution in [-0.2, 0) is 0 Å². The van der Waals surface area contributed by atoms with Crippen LogP contribution in [0, 0.1) is 0 Å². The molecule has 1 aromatic heterocycles. The number of hydrogen-bond acceptors (Lipinski definition) is 3. The van der Waals surface area contributed by atoms with Crippen LogP contribution in [0.25, 0.3) is 0 Å². The molecule has 2 rings (SSSR count). The summed E-state index contributed by atoms with van der Waals surface area (Å²) in [4.78, 5) is 28.5. The van der Waals surface area contributed by atoms with Crippen molar-refractivity contribution in [3.63, 3.8) is 0 Å². The predicted octanol–water partition coefficient (Wildman–Crippen LogP) is 3.62. The molecule has 0 unspecified atom stereocenters. The molecule has 0 saturated carbocycles. The number of carbonyl (C=O) groups is 2. The highest BCUT2D eigenvalue weighted by Crippen LogP contribution is 2.19. The maximum absolute atomic E-state index is 12.2. The molecule has 5 heteroatoms. The van der Waals surface area contributed by atoms with Crippen LogP contribution >= 0.6 is 0 Å². The third kappa shape index (κ3) is 6.69. The van der Waals surface area contributed by atoms with Gasteiger partial charge in [-0.25, -0.2) is 4.98 Å². The van der Waals surface area contributed by atoms with E-state index in [9.17, 15) is 9.59 Å². The van der Waals surface area contributed by atoms with Gasteiger partial charge in [-0.2, -0.15) is 0 Å². The molecule has 0 fully saturated rings. The largest absolute Gasteiger partial charge is 0.351 e. The van der Waals surface area contributed by atoms with Crippen LogP contribution in [0.3, 0.4) is 0 Å². The summed E-state index contributed by atoms with van der Waals surface area (Å²) in [5.74, 6) is -0.449. The van der Waals surface area contributed by atoms with E-state index in [4.69, 9.17) is 0 Å². The third-order valence-corrected chi connectivity index (χ3v) is 4.40. The van der Waals surface area contributed by atoms with Crippen LogP contribution in [0.2, 0.25) is 0 Å². The van der Waals surface area contributed by atoms with E-state index < -0.39 is 0 Å². The van der Waals surface area contributed by atoms with Gasteiger partial charge in [0.25, 0.3) is 11.8 Å². The van der Waals surface area contributed by atoms with Crippen LogP contribution < -0.4 is 10.6 Å². The Bertz CT molecular complexity index is 611. The van der Waals surface area contributed by atoms with Crippen molar-refractivity contribution < 1.29 is 9.59 Å². The van der Waals surface area contributed by atoms with E-state index in [2.05, 4.69) is 28.6 Å². The fraction of sp³-hybridized carbons (Fsp3) is 0.550. The first kappa shape index (κ1) is 19.2. The van der Waals surface area contributed by atoms with Crippen molar-refractivity contribution in [2.75, 3.05) is 13.1 Å². The van der Waals surface area contributed by atoms with Crippen molar-refractivity contribution in [2.24, 2.45) is 0 Å². The van der Waals surface area contributed by atoms with Crippen molar-refractivity contribution in [1.29, 1.82) is 0 Å². The second-order valence-electron chi connectivity index (χ2n) is 6.49. The molecule has 1 aliphatic carbocycles. The van der Waals surface area contributed by atoms with Gasteiger partial charge in [0.1, 0.15) is 11.4 Å². The van der Waals surface area contributed by atoms with E-state index in [-0.39, 0.29) is 11.8 Å². The van der Waals surface area contributed by atoms with Crippen molar-refractivity contribution in [2.45, 2.75) is 58.3 Å². The van der Waals surface area contributed by atoms with E-state index in [1.165, 1.54) is 18.4 Å². The number of aromatic nitrogens is 1. The molecule has 0 atom stereocenters. The van der Waals surface area contributed by atoms with Crippen LogP contribution in [0.15, 0.2) is 29.8 Å². The number of unbranched alkanes of at least 4 members (excludes halogenated alkanes) is 2. The summed E-state index contributed by atoms with van der Waals surface area (Å²) < 4.78 is 0. The SMILES string of the molecule is CCCCCNC(=O)c1cccc(C(=O)NCCC2=CCCCC2)n1. The molecular weight excluding hydrogens is 314 g/mol. The van der Waals surface area contributed by atoms with Crippen LogP contribution in [-0.4, -0.2) is 29.9 Å². The molecule has 0 aliphatic heterocycles. The van der Waals surface area contributed by atoms with Gasteiger partial charge in [-0.05, 0) is 50.7 Å². The molecule has 1 heterocycles. The highest BCUT2D eigenvalue weighted by Gasteiger charge is 2.12. The van der Waals surface area contributed by atoms with Crippen LogP contribution in [0.5, 0.6) is 0 Å². The number of carbonyl (C=O) groups excluding carboxylic acids is 2. The Morgan fingerprint density at radius 1 is 1.04 bits per heavy atom. The summed E-state index contributed by atoms with van der Waals surface area (Å²) in [6.45, 7) is 3.37. The molecule has 0 radical (unpaired) electrons. The minimum atomic E-state index is -0.225. The predicted molar refractivity (Wildman–Crippen MR) is 99.6 cm³/mol. The standard InChI is InChI=1S/C20H29N3O2/c1-2-3-7-14-21-19(24)17-11-8-12-18(23-17)20(25)22-15-13-16-9-5-4-6-10-16/h8-9,11-12H,2-7,10,13-15H2,1H3,(H,21,24)(H,22,25). The first-order chi connectivity index (χ1) is 12.2. The lowest BCUT2D eigenvalue weighted by molar-refractivity contribution is 0.0944. The van der Waals surface area contributed by atoms with Crippen molar-refractivity contribution >= 4 is 11.8 Å². The molecule has 2 N–H and O–H groups in total. The van der Waals surface area contributed by atoms with E-state index >= 15 is 0 Å². The molecule has 1 aromatic rings. The Balaban J connectivity index is 1.81. The van der Waals surface area contributed by atoms with Crippen LogP contribution in [0.1, 0.15) is 79.3 Å². The molecule has 0 bridgehead atoms. The summed E-state index contributed by atoms with van der Waals surface area (Å²) >= 11 is 0. The van der Waals surface area contributed by atoms with Gasteiger partial charge in [-0.15, -0.1) is 0 Å². The van der Waals surface area contributed by atoms with Crippen molar-refractivity contribution in [3.8, 4) is 0 Å². The minimum absolute atomic E-state index is 0.224. The van der Waals surface area contributed by atoms with Gasteiger partial charge < -0.3 is 10.6 Å². The first-order valence-corrected chi connectivity index (χ1v) is 9.42. The van der Waals surface area contributed by atoms with Gasteiger partial charge >= 0.3 is 0 Å². The lowest BCUT2D eigenvalue weighted by Gasteiger charge is -2.13. The quantitative estimate of drug-likeness (QED) is 0.531. The second kappa shape index (κ2) is 10.6. The molecule has 136 valence electrons. The number of nitrogens with one attached hydrogen (secondary N) is 2. The van der Waals surface area contributed by atoms with Crippen LogP contribution in [0.4, 0.5) is 0 Å². The number of nitrogens with zero attached hydrogens (tertiary/aromatic N) is 1. The molecule has 5 nitrogen and oxygen atoms in total. The smallest absolute Gasteiger partial charge is 0.269 e. The van der Waals surface area contributed by atoms with Crippen molar-refractivity contribution in [1.82, 2.24) is 15.6 Å². The Kier molecular flexibility index (Phi) is 8.16. The summed E-state index contributed by atoms with van der Waals surface area (Å²) in [6.07, 6.45) is 11.2. The molecule has 0 saturated heterocycles. The third-order valence-electron chi connectivity index (χ3n) is 4.40. The average molecular weight is 343 g/mol. The monoisotopic (exact) mass is 343 g/mol. The fourth-order valence-electron chi connectivity index (χ4n) is 2.91. The topological polar surface area (TPSA) is 71.1 Å². The molecule has 0 aromatic carbocycles. The normalized spacial score (nSPS) is 13.9. The second-order valence-corrected chi connectivity index (χ2v) is 6.49. The van der Waals surface area contributed by atoms with E-state index in [1.54, 1.807) is 18.2 Å². The Hall–Kier alpha value is -2.17. The fourth-order valence-corrected chi connectivity index (χ4v) is 2.91. The highest BCUT2D eigenvalue weighted by atomic mass is 16.2. The summed E-state index contributed by atoms with van der Waals surface area (Å²) in [6, 6.07) is 4.98. The number of hydrogen-bond donors (Lipinski definition) is 2. The lowest BCUT2D eigenvalue weighted by Crippen LogP contribution is -2.28. The summed E-state index contributed by atoms with van der Waals surface area (Å²) in [5, 5.41) is 5.74. The maximum Gasteiger partial charge on any atom is 0.269 e.